The van der Waals surface area contributed by atoms with Crippen molar-refractivity contribution in [3.8, 4) is 0 Å². The summed E-state index contributed by atoms with van der Waals surface area (Å²) in [5.74, 6) is 1.33. The molecule has 0 saturated carbocycles. The summed E-state index contributed by atoms with van der Waals surface area (Å²) in [6, 6.07) is 7.70. The molecule has 1 aliphatic rings. The molecule has 6 heteroatoms. The molecule has 1 heterocycles. The second-order valence-corrected chi connectivity index (χ2v) is 6.85. The van der Waals surface area contributed by atoms with Crippen molar-refractivity contribution in [1.82, 2.24) is 10.2 Å². The summed E-state index contributed by atoms with van der Waals surface area (Å²) >= 11 is 1.68. The maximum Gasteiger partial charge on any atom is 0.409 e. The van der Waals surface area contributed by atoms with E-state index in [1.54, 1.807) is 16.7 Å². The van der Waals surface area contributed by atoms with Gasteiger partial charge < -0.3 is 15.0 Å². The molecule has 1 aromatic rings. The van der Waals surface area contributed by atoms with E-state index in [1.807, 2.05) is 24.3 Å². The van der Waals surface area contributed by atoms with Crippen molar-refractivity contribution >= 4 is 23.8 Å². The second-order valence-electron chi connectivity index (χ2n) is 5.54. The lowest BCUT2D eigenvalue weighted by molar-refractivity contribution is 0.0911. The van der Waals surface area contributed by atoms with Crippen molar-refractivity contribution < 1.29 is 14.3 Å². The van der Waals surface area contributed by atoms with Gasteiger partial charge in [-0.2, -0.15) is 0 Å². The van der Waals surface area contributed by atoms with E-state index >= 15 is 0 Å². The smallest absolute Gasteiger partial charge is 0.409 e. The Balaban J connectivity index is 1.83. The number of methoxy groups -OCH3 is 1. The van der Waals surface area contributed by atoms with Gasteiger partial charge in [0.05, 0.1) is 12.7 Å². The zero-order valence-electron chi connectivity index (χ0n) is 13.7. The molecule has 23 heavy (non-hydrogen) atoms. The van der Waals surface area contributed by atoms with Gasteiger partial charge in [-0.05, 0) is 36.6 Å². The molecule has 0 atom stereocenters. The van der Waals surface area contributed by atoms with E-state index in [9.17, 15) is 9.59 Å². The van der Waals surface area contributed by atoms with Crippen LogP contribution in [0, 0.1) is 5.92 Å². The minimum Gasteiger partial charge on any atom is -0.453 e. The van der Waals surface area contributed by atoms with E-state index < -0.39 is 0 Å². The molecule has 0 aromatic heterocycles. The Bertz CT molecular complexity index is 542. The molecule has 0 aliphatic carbocycles. The van der Waals surface area contributed by atoms with Crippen LogP contribution in [0.15, 0.2) is 29.2 Å². The Kier molecular flexibility index (Phi) is 6.77. The number of hydrogen-bond donors (Lipinski definition) is 1. The highest BCUT2D eigenvalue weighted by molar-refractivity contribution is 7.99. The van der Waals surface area contributed by atoms with E-state index in [2.05, 4.69) is 12.2 Å². The summed E-state index contributed by atoms with van der Waals surface area (Å²) in [5, 5.41) is 3.04. The summed E-state index contributed by atoms with van der Waals surface area (Å²) < 4.78 is 4.73. The van der Waals surface area contributed by atoms with Crippen LogP contribution in [0.5, 0.6) is 0 Å². The number of nitrogens with zero attached hydrogens (tertiary/aromatic N) is 1. The summed E-state index contributed by atoms with van der Waals surface area (Å²) in [4.78, 5) is 26.6. The highest BCUT2D eigenvalue weighted by atomic mass is 32.2. The molecule has 0 bridgehead atoms. The zero-order valence-corrected chi connectivity index (χ0v) is 14.5. The molecule has 0 spiro atoms. The number of hydrogen-bond acceptors (Lipinski definition) is 4. The Labute approximate surface area is 141 Å². The number of ether oxygens (including phenoxy) is 1. The lowest BCUT2D eigenvalue weighted by Gasteiger charge is -2.31. The summed E-state index contributed by atoms with van der Waals surface area (Å²) in [5.41, 5.74) is 0.742. The van der Waals surface area contributed by atoms with Crippen LogP contribution in [0.4, 0.5) is 4.79 Å². The van der Waals surface area contributed by atoms with Gasteiger partial charge in [-0.25, -0.2) is 4.79 Å². The highest BCUT2D eigenvalue weighted by Gasteiger charge is 2.23. The third kappa shape index (κ3) is 4.89. The normalized spacial score (nSPS) is 15.3. The Morgan fingerprint density at radius 2 is 2.00 bits per heavy atom. The van der Waals surface area contributed by atoms with Gasteiger partial charge in [0, 0.05) is 24.5 Å². The van der Waals surface area contributed by atoms with Gasteiger partial charge >= 0.3 is 6.09 Å². The minimum absolute atomic E-state index is 0.0167. The standard InChI is InChI=1S/C17H24N2O3S/c1-3-23-15-7-5-4-6-14(15)16(20)18-12-13-8-10-19(11-9-13)17(21)22-2/h4-7,13H,3,8-12H2,1-2H3,(H,18,20). The molecule has 1 aromatic carbocycles. The van der Waals surface area contributed by atoms with Crippen LogP contribution in [-0.4, -0.2) is 49.4 Å². The monoisotopic (exact) mass is 336 g/mol. The highest BCUT2D eigenvalue weighted by Crippen LogP contribution is 2.22. The van der Waals surface area contributed by atoms with Crippen molar-refractivity contribution in [2.24, 2.45) is 5.92 Å². The largest absolute Gasteiger partial charge is 0.453 e. The first-order valence-corrected chi connectivity index (χ1v) is 8.97. The zero-order chi connectivity index (χ0) is 16.7. The Morgan fingerprint density at radius 1 is 1.30 bits per heavy atom. The lowest BCUT2D eigenvalue weighted by Crippen LogP contribution is -2.41. The Morgan fingerprint density at radius 3 is 2.65 bits per heavy atom. The van der Waals surface area contributed by atoms with Gasteiger partial charge in [-0.1, -0.05) is 19.1 Å². The van der Waals surface area contributed by atoms with E-state index in [4.69, 9.17) is 4.74 Å². The third-order valence-electron chi connectivity index (χ3n) is 4.03. The fraction of sp³-hybridized carbons (Fsp3) is 0.529. The SMILES string of the molecule is CCSc1ccccc1C(=O)NCC1CCN(C(=O)OC)CC1. The molecule has 126 valence electrons. The fourth-order valence-electron chi connectivity index (χ4n) is 2.72. The number of likely N-dealkylation sites (tertiary alicyclic amines) is 1. The molecule has 0 radical (unpaired) electrons. The molecule has 2 rings (SSSR count). The number of piperidine rings is 1. The first-order chi connectivity index (χ1) is 11.2. The molecule has 1 aliphatic heterocycles. The molecular formula is C17H24N2O3S. The van der Waals surface area contributed by atoms with E-state index in [1.165, 1.54) is 7.11 Å². The van der Waals surface area contributed by atoms with Crippen molar-refractivity contribution in [1.29, 1.82) is 0 Å². The van der Waals surface area contributed by atoms with E-state index in [-0.39, 0.29) is 12.0 Å². The van der Waals surface area contributed by atoms with Crippen molar-refractivity contribution in [2.45, 2.75) is 24.7 Å². The summed E-state index contributed by atoms with van der Waals surface area (Å²) in [6.07, 6.45) is 1.51. The average molecular weight is 336 g/mol. The maximum atomic E-state index is 12.4. The molecule has 2 amide bonds. The van der Waals surface area contributed by atoms with Crippen LogP contribution in [0.25, 0.3) is 0 Å². The van der Waals surface area contributed by atoms with Crippen LogP contribution in [0.1, 0.15) is 30.1 Å². The van der Waals surface area contributed by atoms with Crippen LogP contribution in [0.2, 0.25) is 0 Å². The second kappa shape index (κ2) is 8.82. The van der Waals surface area contributed by atoms with Gasteiger partial charge in [0.2, 0.25) is 0 Å². The maximum absolute atomic E-state index is 12.4. The number of carbonyl (C=O) groups is 2. The van der Waals surface area contributed by atoms with Crippen LogP contribution >= 0.6 is 11.8 Å². The topological polar surface area (TPSA) is 58.6 Å². The van der Waals surface area contributed by atoms with Gasteiger partial charge in [0.25, 0.3) is 5.91 Å². The van der Waals surface area contributed by atoms with Crippen LogP contribution in [-0.2, 0) is 4.74 Å². The van der Waals surface area contributed by atoms with Gasteiger partial charge in [-0.3, -0.25) is 4.79 Å². The van der Waals surface area contributed by atoms with Crippen molar-refractivity contribution in [2.75, 3.05) is 32.5 Å². The average Bonchev–Trinajstić information content (AvgIpc) is 2.60. The van der Waals surface area contributed by atoms with Crippen molar-refractivity contribution in [3.63, 3.8) is 0 Å². The molecular weight excluding hydrogens is 312 g/mol. The minimum atomic E-state index is -0.266. The number of carbonyl (C=O) groups excluding carboxylic acids is 2. The van der Waals surface area contributed by atoms with Crippen LogP contribution in [0.3, 0.4) is 0 Å². The lowest BCUT2D eigenvalue weighted by atomic mass is 9.97. The quantitative estimate of drug-likeness (QED) is 0.840. The van der Waals surface area contributed by atoms with Crippen molar-refractivity contribution in [3.05, 3.63) is 29.8 Å². The van der Waals surface area contributed by atoms with Gasteiger partial charge in [-0.15, -0.1) is 11.8 Å². The molecule has 1 saturated heterocycles. The van der Waals surface area contributed by atoms with E-state index in [0.717, 1.165) is 29.1 Å². The Hall–Kier alpha value is -1.69. The summed E-state index contributed by atoms with van der Waals surface area (Å²) in [7, 11) is 1.40. The number of benzene rings is 1. The van der Waals surface area contributed by atoms with Gasteiger partial charge in [0.1, 0.15) is 0 Å². The fourth-order valence-corrected chi connectivity index (χ4v) is 3.52. The number of nitrogens with one attached hydrogen (secondary N) is 1. The molecule has 1 N–H and O–H groups in total. The predicted octanol–water partition coefficient (Wildman–Crippen LogP) is 3.01. The van der Waals surface area contributed by atoms with Gasteiger partial charge in [0.15, 0.2) is 0 Å². The summed E-state index contributed by atoms with van der Waals surface area (Å²) in [6.45, 7) is 4.11. The third-order valence-corrected chi connectivity index (χ3v) is 4.99. The molecule has 5 nitrogen and oxygen atoms in total. The number of rotatable bonds is 5. The van der Waals surface area contributed by atoms with Crippen LogP contribution < -0.4 is 5.32 Å². The molecule has 0 unspecified atom stereocenters. The first kappa shape index (κ1) is 17.7. The number of thioether (sulfide) groups is 1. The molecule has 1 fully saturated rings. The first-order valence-electron chi connectivity index (χ1n) is 7.98. The van der Waals surface area contributed by atoms with E-state index in [0.29, 0.717) is 25.6 Å². The number of amides is 2. The predicted molar refractivity (Wildman–Crippen MR) is 91.9 cm³/mol.